The minimum Gasteiger partial charge on any atom is -0.497 e. The van der Waals surface area contributed by atoms with Crippen molar-refractivity contribution in [3.05, 3.63) is 88.5 Å². The number of benzene rings is 3. The van der Waals surface area contributed by atoms with Crippen molar-refractivity contribution >= 4 is 29.6 Å². The van der Waals surface area contributed by atoms with E-state index in [9.17, 15) is 14.9 Å². The smallest absolute Gasteiger partial charge is 0.270 e. The predicted octanol–water partition coefficient (Wildman–Crippen LogP) is 4.10. The van der Waals surface area contributed by atoms with Crippen LogP contribution >= 0.6 is 11.8 Å². The predicted molar refractivity (Wildman–Crippen MR) is 139 cm³/mol. The Morgan fingerprint density at radius 1 is 1.08 bits per heavy atom. The molecule has 3 aromatic carbocycles. The number of hydrogen-bond donors (Lipinski definition) is 1. The Kier molecular flexibility index (Phi) is 8.11. The molecule has 0 spiro atoms. The standard InChI is InChI=1S/C25H22N6O5S/c1-35-21-12-11-18(22(14-21)36-2)15-26-27-23(32)16-37-25-29-28-24(30(25)19-8-4-3-5-9-19)17-7-6-10-20(13-17)31(33)34/h3-15H,16H2,1-2H3,(H,27,32)/b26-15-. The molecule has 4 rings (SSSR count). The number of carbonyl (C=O) groups is 1. The maximum absolute atomic E-state index is 12.5. The fourth-order valence-electron chi connectivity index (χ4n) is 3.38. The Morgan fingerprint density at radius 3 is 2.62 bits per heavy atom. The average Bonchev–Trinajstić information content (AvgIpc) is 3.36. The van der Waals surface area contributed by atoms with Crippen molar-refractivity contribution in [1.29, 1.82) is 0 Å². The van der Waals surface area contributed by atoms with E-state index in [2.05, 4.69) is 20.7 Å². The fraction of sp³-hybridized carbons (Fsp3) is 0.120. The number of ether oxygens (including phenoxy) is 2. The third-order valence-corrected chi connectivity index (χ3v) is 6.06. The molecule has 1 aromatic heterocycles. The van der Waals surface area contributed by atoms with Gasteiger partial charge >= 0.3 is 0 Å². The van der Waals surface area contributed by atoms with Crippen LogP contribution in [0.15, 0.2) is 83.1 Å². The first-order chi connectivity index (χ1) is 18.0. The molecule has 0 aliphatic rings. The average molecular weight is 519 g/mol. The summed E-state index contributed by atoms with van der Waals surface area (Å²) < 4.78 is 12.3. The van der Waals surface area contributed by atoms with Gasteiger partial charge in [-0.05, 0) is 24.3 Å². The van der Waals surface area contributed by atoms with Crippen LogP contribution in [0.1, 0.15) is 5.56 Å². The molecule has 11 nitrogen and oxygen atoms in total. The molecule has 4 aromatic rings. The van der Waals surface area contributed by atoms with E-state index < -0.39 is 4.92 Å². The van der Waals surface area contributed by atoms with Gasteiger partial charge in [-0.3, -0.25) is 19.5 Å². The van der Waals surface area contributed by atoms with Gasteiger partial charge in [0.15, 0.2) is 11.0 Å². The molecular formula is C25H22N6O5S. The minimum absolute atomic E-state index is 0.0109. The number of nitro groups is 1. The summed E-state index contributed by atoms with van der Waals surface area (Å²) in [5, 5.41) is 24.2. The van der Waals surface area contributed by atoms with Gasteiger partial charge in [-0.2, -0.15) is 5.10 Å². The highest BCUT2D eigenvalue weighted by Gasteiger charge is 2.19. The number of non-ortho nitro benzene ring substituents is 1. The fourth-order valence-corrected chi connectivity index (χ4v) is 4.12. The minimum atomic E-state index is -0.464. The van der Waals surface area contributed by atoms with Crippen LogP contribution < -0.4 is 14.9 Å². The van der Waals surface area contributed by atoms with E-state index in [-0.39, 0.29) is 17.3 Å². The van der Waals surface area contributed by atoms with Crippen molar-refractivity contribution < 1.29 is 19.2 Å². The Hall–Kier alpha value is -4.71. The molecule has 12 heteroatoms. The molecule has 0 fully saturated rings. The number of amides is 1. The molecule has 0 aliphatic heterocycles. The zero-order chi connectivity index (χ0) is 26.2. The van der Waals surface area contributed by atoms with Crippen LogP contribution in [0.25, 0.3) is 17.1 Å². The van der Waals surface area contributed by atoms with Crippen LogP contribution in [0, 0.1) is 10.1 Å². The summed E-state index contributed by atoms with van der Waals surface area (Å²) in [5.74, 6) is 1.27. The van der Waals surface area contributed by atoms with Crippen molar-refractivity contribution in [3.8, 4) is 28.6 Å². The summed E-state index contributed by atoms with van der Waals surface area (Å²) >= 11 is 1.16. The molecule has 0 saturated carbocycles. The number of nitro benzene ring substituents is 1. The van der Waals surface area contributed by atoms with Crippen LogP contribution in [0.3, 0.4) is 0 Å². The molecule has 0 radical (unpaired) electrons. The number of hydrogen-bond acceptors (Lipinski definition) is 9. The monoisotopic (exact) mass is 518 g/mol. The molecule has 1 N–H and O–H groups in total. The summed E-state index contributed by atoms with van der Waals surface area (Å²) in [6.07, 6.45) is 1.48. The van der Waals surface area contributed by atoms with E-state index in [0.29, 0.717) is 33.6 Å². The lowest BCUT2D eigenvalue weighted by Gasteiger charge is -2.10. The topological polar surface area (TPSA) is 134 Å². The molecule has 0 atom stereocenters. The highest BCUT2D eigenvalue weighted by atomic mass is 32.2. The van der Waals surface area contributed by atoms with Gasteiger partial charge in [0.05, 0.1) is 31.1 Å². The third-order valence-electron chi connectivity index (χ3n) is 5.13. The highest BCUT2D eigenvalue weighted by Crippen LogP contribution is 2.29. The van der Waals surface area contributed by atoms with Crippen LogP contribution in [0.5, 0.6) is 11.5 Å². The normalized spacial score (nSPS) is 10.9. The van der Waals surface area contributed by atoms with Crippen LogP contribution in [0.4, 0.5) is 5.69 Å². The van der Waals surface area contributed by atoms with Crippen LogP contribution in [-0.4, -0.2) is 51.8 Å². The Bertz CT molecular complexity index is 1440. The second-order valence-electron chi connectivity index (χ2n) is 7.47. The Labute approximate surface area is 216 Å². The van der Waals surface area contributed by atoms with E-state index >= 15 is 0 Å². The van der Waals surface area contributed by atoms with Gasteiger partial charge in [0.2, 0.25) is 0 Å². The summed E-state index contributed by atoms with van der Waals surface area (Å²) in [6.45, 7) is 0. The lowest BCUT2D eigenvalue weighted by Crippen LogP contribution is -2.20. The number of rotatable bonds is 10. The van der Waals surface area contributed by atoms with Crippen LogP contribution in [-0.2, 0) is 4.79 Å². The van der Waals surface area contributed by atoms with E-state index in [1.807, 2.05) is 30.3 Å². The first kappa shape index (κ1) is 25.4. The highest BCUT2D eigenvalue weighted by molar-refractivity contribution is 7.99. The molecule has 1 amide bonds. The number of para-hydroxylation sites is 1. The van der Waals surface area contributed by atoms with Crippen molar-refractivity contribution in [3.63, 3.8) is 0 Å². The van der Waals surface area contributed by atoms with E-state index in [1.165, 1.54) is 25.5 Å². The maximum atomic E-state index is 12.5. The van der Waals surface area contributed by atoms with Gasteiger partial charge in [0.1, 0.15) is 11.5 Å². The zero-order valence-corrected chi connectivity index (χ0v) is 20.7. The molecule has 0 aliphatic carbocycles. The van der Waals surface area contributed by atoms with Crippen LogP contribution in [0.2, 0.25) is 0 Å². The number of carbonyl (C=O) groups excluding carboxylic acids is 1. The summed E-state index contributed by atoms with van der Waals surface area (Å²) in [6, 6.07) is 20.7. The second-order valence-corrected chi connectivity index (χ2v) is 8.42. The van der Waals surface area contributed by atoms with Gasteiger partial charge < -0.3 is 9.47 Å². The van der Waals surface area contributed by atoms with E-state index in [4.69, 9.17) is 9.47 Å². The molecular weight excluding hydrogens is 496 g/mol. The summed E-state index contributed by atoms with van der Waals surface area (Å²) in [4.78, 5) is 23.3. The lowest BCUT2D eigenvalue weighted by atomic mass is 10.2. The number of methoxy groups -OCH3 is 2. The SMILES string of the molecule is COc1ccc(/C=N\NC(=O)CSc2nnc(-c3cccc([N+](=O)[O-])c3)n2-c2ccccc2)c(OC)c1. The van der Waals surface area contributed by atoms with Gasteiger partial charge in [0, 0.05) is 35.0 Å². The van der Waals surface area contributed by atoms with Gasteiger partial charge in [-0.25, -0.2) is 5.43 Å². The van der Waals surface area contributed by atoms with Crippen molar-refractivity contribution in [2.45, 2.75) is 5.16 Å². The Morgan fingerprint density at radius 2 is 1.89 bits per heavy atom. The first-order valence-electron chi connectivity index (χ1n) is 10.9. The summed E-state index contributed by atoms with van der Waals surface area (Å²) in [7, 11) is 3.10. The third kappa shape index (κ3) is 6.11. The largest absolute Gasteiger partial charge is 0.497 e. The Balaban J connectivity index is 1.51. The molecule has 37 heavy (non-hydrogen) atoms. The van der Waals surface area contributed by atoms with Crippen molar-refractivity contribution in [2.75, 3.05) is 20.0 Å². The second kappa shape index (κ2) is 11.8. The van der Waals surface area contributed by atoms with Gasteiger partial charge in [-0.15, -0.1) is 10.2 Å². The van der Waals surface area contributed by atoms with E-state index in [0.717, 1.165) is 17.4 Å². The number of hydrazone groups is 1. The first-order valence-corrected chi connectivity index (χ1v) is 11.9. The molecule has 0 unspecified atom stereocenters. The van der Waals surface area contributed by atoms with Gasteiger partial charge in [0.25, 0.3) is 11.6 Å². The quantitative estimate of drug-likeness (QED) is 0.144. The maximum Gasteiger partial charge on any atom is 0.270 e. The number of nitrogens with zero attached hydrogens (tertiary/aromatic N) is 5. The molecule has 0 saturated heterocycles. The number of aromatic nitrogens is 3. The molecule has 188 valence electrons. The van der Waals surface area contributed by atoms with Gasteiger partial charge in [-0.1, -0.05) is 42.1 Å². The summed E-state index contributed by atoms with van der Waals surface area (Å²) in [5.41, 5.74) is 4.38. The number of nitrogens with one attached hydrogen (secondary N) is 1. The number of thioether (sulfide) groups is 1. The van der Waals surface area contributed by atoms with Crippen molar-refractivity contribution in [2.24, 2.45) is 5.10 Å². The lowest BCUT2D eigenvalue weighted by molar-refractivity contribution is -0.384. The van der Waals surface area contributed by atoms with Crippen molar-refractivity contribution in [1.82, 2.24) is 20.2 Å². The molecule has 0 bridgehead atoms. The van der Waals surface area contributed by atoms with E-state index in [1.54, 1.807) is 42.0 Å². The molecule has 1 heterocycles. The zero-order valence-electron chi connectivity index (χ0n) is 19.9.